The van der Waals surface area contributed by atoms with Crippen molar-refractivity contribution in [1.82, 2.24) is 10.2 Å². The largest absolute Gasteiger partial charge is 0.340 e. The van der Waals surface area contributed by atoms with E-state index in [1.54, 1.807) is 6.92 Å². The number of hydrogen-bond acceptors (Lipinski definition) is 2. The molecule has 2 rings (SSSR count). The maximum Gasteiger partial charge on any atom is 0.219 e. The van der Waals surface area contributed by atoms with E-state index in [1.165, 1.54) is 12.8 Å². The lowest BCUT2D eigenvalue weighted by Crippen LogP contribution is -2.52. The number of fused-ring (bicyclic) bond motifs is 2. The Labute approximate surface area is 66.8 Å². The van der Waals surface area contributed by atoms with Crippen LogP contribution in [-0.2, 0) is 4.79 Å². The Hall–Kier alpha value is -0.570. The van der Waals surface area contributed by atoms with E-state index in [0.717, 1.165) is 13.1 Å². The minimum absolute atomic E-state index is 0.225. The van der Waals surface area contributed by atoms with Crippen LogP contribution in [0.1, 0.15) is 19.8 Å². The number of nitrogens with one attached hydrogen (secondary N) is 1. The van der Waals surface area contributed by atoms with Gasteiger partial charge >= 0.3 is 0 Å². The van der Waals surface area contributed by atoms with Crippen LogP contribution in [-0.4, -0.2) is 36.0 Å². The van der Waals surface area contributed by atoms with Crippen molar-refractivity contribution in [3.8, 4) is 0 Å². The summed E-state index contributed by atoms with van der Waals surface area (Å²) >= 11 is 0. The lowest BCUT2D eigenvalue weighted by molar-refractivity contribution is -0.130. The molecule has 0 aromatic carbocycles. The average molecular weight is 154 g/mol. The second-order valence-corrected chi connectivity index (χ2v) is 3.56. The molecule has 2 heterocycles. The molecule has 3 heteroatoms. The third-order valence-corrected chi connectivity index (χ3v) is 2.66. The van der Waals surface area contributed by atoms with E-state index in [1.807, 2.05) is 4.90 Å². The summed E-state index contributed by atoms with van der Waals surface area (Å²) in [7, 11) is 0. The van der Waals surface area contributed by atoms with E-state index < -0.39 is 0 Å². The molecule has 2 aliphatic rings. The summed E-state index contributed by atoms with van der Waals surface area (Å²) in [4.78, 5) is 13.0. The molecule has 1 N–H and O–H groups in total. The third kappa shape index (κ3) is 1.25. The fourth-order valence-corrected chi connectivity index (χ4v) is 2.05. The van der Waals surface area contributed by atoms with Crippen molar-refractivity contribution in [2.45, 2.75) is 31.8 Å². The van der Waals surface area contributed by atoms with Gasteiger partial charge in [-0.1, -0.05) is 0 Å². The van der Waals surface area contributed by atoms with Crippen molar-refractivity contribution in [2.75, 3.05) is 13.1 Å². The molecule has 0 aromatic rings. The SMILES string of the molecule is CC(=O)N1C[C@H]2CC[C@@H](C1)N2. The predicted molar refractivity (Wildman–Crippen MR) is 42.2 cm³/mol. The van der Waals surface area contributed by atoms with E-state index in [-0.39, 0.29) is 5.91 Å². The highest BCUT2D eigenvalue weighted by molar-refractivity contribution is 5.73. The molecule has 2 atom stereocenters. The molecular weight excluding hydrogens is 140 g/mol. The van der Waals surface area contributed by atoms with Gasteiger partial charge in [-0.25, -0.2) is 0 Å². The van der Waals surface area contributed by atoms with Crippen molar-refractivity contribution < 1.29 is 4.79 Å². The van der Waals surface area contributed by atoms with Crippen LogP contribution in [0.2, 0.25) is 0 Å². The first kappa shape index (κ1) is 7.10. The van der Waals surface area contributed by atoms with Crippen LogP contribution in [0, 0.1) is 0 Å². The molecular formula is C8H14N2O. The molecule has 2 fully saturated rings. The van der Waals surface area contributed by atoms with E-state index in [0.29, 0.717) is 12.1 Å². The number of nitrogens with zero attached hydrogens (tertiary/aromatic N) is 1. The predicted octanol–water partition coefficient (Wildman–Crippen LogP) is -0.0309. The van der Waals surface area contributed by atoms with Gasteiger partial charge in [0.2, 0.25) is 5.91 Å². The van der Waals surface area contributed by atoms with E-state index in [2.05, 4.69) is 5.32 Å². The maximum atomic E-state index is 11.0. The fourth-order valence-electron chi connectivity index (χ4n) is 2.05. The molecule has 0 unspecified atom stereocenters. The van der Waals surface area contributed by atoms with Crippen LogP contribution in [0.25, 0.3) is 0 Å². The van der Waals surface area contributed by atoms with Gasteiger partial charge in [0.25, 0.3) is 0 Å². The highest BCUT2D eigenvalue weighted by atomic mass is 16.2. The highest BCUT2D eigenvalue weighted by Gasteiger charge is 2.32. The molecule has 11 heavy (non-hydrogen) atoms. The third-order valence-electron chi connectivity index (χ3n) is 2.66. The molecule has 0 aromatic heterocycles. The van der Waals surface area contributed by atoms with Gasteiger partial charge in [0.1, 0.15) is 0 Å². The van der Waals surface area contributed by atoms with Gasteiger partial charge in [-0.05, 0) is 12.8 Å². The van der Waals surface area contributed by atoms with E-state index in [4.69, 9.17) is 0 Å². The molecule has 1 amide bonds. The Morgan fingerprint density at radius 1 is 1.36 bits per heavy atom. The lowest BCUT2D eigenvalue weighted by Gasteiger charge is -2.31. The van der Waals surface area contributed by atoms with Crippen molar-refractivity contribution in [3.63, 3.8) is 0 Å². The van der Waals surface area contributed by atoms with Crippen LogP contribution in [0.5, 0.6) is 0 Å². The smallest absolute Gasteiger partial charge is 0.219 e. The van der Waals surface area contributed by atoms with Crippen LogP contribution < -0.4 is 5.32 Å². The number of carbonyl (C=O) groups is 1. The molecule has 2 bridgehead atoms. The number of piperazine rings is 1. The summed E-state index contributed by atoms with van der Waals surface area (Å²) in [6, 6.07) is 1.16. The molecule has 2 aliphatic heterocycles. The average Bonchev–Trinajstić information content (AvgIpc) is 2.30. The zero-order valence-electron chi connectivity index (χ0n) is 6.84. The number of rotatable bonds is 0. The Morgan fingerprint density at radius 3 is 2.36 bits per heavy atom. The minimum atomic E-state index is 0.225. The number of amides is 1. The van der Waals surface area contributed by atoms with Crippen LogP contribution in [0.3, 0.4) is 0 Å². The summed E-state index contributed by atoms with van der Waals surface area (Å²) in [5.41, 5.74) is 0. The van der Waals surface area contributed by atoms with Gasteiger partial charge < -0.3 is 10.2 Å². The Bertz CT molecular complexity index is 169. The van der Waals surface area contributed by atoms with Gasteiger partial charge in [0.15, 0.2) is 0 Å². The molecule has 0 radical (unpaired) electrons. The van der Waals surface area contributed by atoms with Gasteiger partial charge in [-0.2, -0.15) is 0 Å². The van der Waals surface area contributed by atoms with Crippen LogP contribution >= 0.6 is 0 Å². The van der Waals surface area contributed by atoms with E-state index >= 15 is 0 Å². The molecule has 2 saturated heterocycles. The van der Waals surface area contributed by atoms with Crippen molar-refractivity contribution in [3.05, 3.63) is 0 Å². The van der Waals surface area contributed by atoms with Gasteiger partial charge in [0, 0.05) is 32.1 Å². The number of likely N-dealkylation sites (tertiary alicyclic amines) is 1. The number of carbonyl (C=O) groups excluding carboxylic acids is 1. The fraction of sp³-hybridized carbons (Fsp3) is 0.875. The van der Waals surface area contributed by atoms with Crippen molar-refractivity contribution in [2.24, 2.45) is 0 Å². The lowest BCUT2D eigenvalue weighted by atomic mass is 10.2. The van der Waals surface area contributed by atoms with Crippen LogP contribution in [0.15, 0.2) is 0 Å². The van der Waals surface area contributed by atoms with Gasteiger partial charge in [0.05, 0.1) is 0 Å². The highest BCUT2D eigenvalue weighted by Crippen LogP contribution is 2.19. The second-order valence-electron chi connectivity index (χ2n) is 3.56. The van der Waals surface area contributed by atoms with Crippen molar-refractivity contribution in [1.29, 1.82) is 0 Å². The molecule has 3 nitrogen and oxygen atoms in total. The van der Waals surface area contributed by atoms with E-state index in [9.17, 15) is 4.79 Å². The van der Waals surface area contributed by atoms with Crippen LogP contribution in [0.4, 0.5) is 0 Å². The summed E-state index contributed by atoms with van der Waals surface area (Å²) in [6.45, 7) is 3.50. The first-order valence-electron chi connectivity index (χ1n) is 4.27. The Morgan fingerprint density at radius 2 is 1.91 bits per heavy atom. The first-order chi connectivity index (χ1) is 5.25. The molecule has 62 valence electrons. The first-order valence-corrected chi connectivity index (χ1v) is 4.27. The zero-order chi connectivity index (χ0) is 7.84. The monoisotopic (exact) mass is 154 g/mol. The topological polar surface area (TPSA) is 32.3 Å². The van der Waals surface area contributed by atoms with Gasteiger partial charge in [-0.15, -0.1) is 0 Å². The quantitative estimate of drug-likeness (QED) is 0.531. The molecule has 0 spiro atoms. The Balaban J connectivity index is 2.02. The normalized spacial score (nSPS) is 35.9. The summed E-state index contributed by atoms with van der Waals surface area (Å²) in [5, 5.41) is 3.48. The molecule has 0 aliphatic carbocycles. The summed E-state index contributed by atoms with van der Waals surface area (Å²) < 4.78 is 0. The van der Waals surface area contributed by atoms with Gasteiger partial charge in [-0.3, -0.25) is 4.79 Å². The number of hydrogen-bond donors (Lipinski definition) is 1. The molecule has 0 saturated carbocycles. The zero-order valence-corrected chi connectivity index (χ0v) is 6.84. The second kappa shape index (κ2) is 2.48. The summed E-state index contributed by atoms with van der Waals surface area (Å²) in [6.07, 6.45) is 2.49. The standard InChI is InChI=1S/C8H14N2O/c1-6(11)10-4-7-2-3-8(5-10)9-7/h7-9H,2-5H2,1H3/t7-,8+. The summed E-state index contributed by atoms with van der Waals surface area (Å²) in [5.74, 6) is 0.225. The van der Waals surface area contributed by atoms with Crippen molar-refractivity contribution >= 4 is 5.91 Å². The maximum absolute atomic E-state index is 11.0. The minimum Gasteiger partial charge on any atom is -0.340 e. The Kier molecular flexibility index (Phi) is 1.60.